The van der Waals surface area contributed by atoms with Gasteiger partial charge in [-0.05, 0) is 78.8 Å². The van der Waals surface area contributed by atoms with Crippen LogP contribution in [0.5, 0.6) is 0 Å². The smallest absolute Gasteiger partial charge is 0.00388 e. The highest BCUT2D eigenvalue weighted by Crippen LogP contribution is 2.14. The summed E-state index contributed by atoms with van der Waals surface area (Å²) in [5, 5.41) is 0. The number of likely N-dealkylation sites (tertiary alicyclic amines) is 2. The van der Waals surface area contributed by atoms with Gasteiger partial charge in [0.1, 0.15) is 0 Å². The Labute approximate surface area is 133 Å². The van der Waals surface area contributed by atoms with Crippen molar-refractivity contribution >= 4 is 0 Å². The fourth-order valence-electron chi connectivity index (χ4n) is 3.24. The van der Waals surface area contributed by atoms with Crippen LogP contribution in [0, 0.1) is 0 Å². The van der Waals surface area contributed by atoms with Crippen LogP contribution >= 0.6 is 0 Å². The van der Waals surface area contributed by atoms with Gasteiger partial charge in [-0.15, -0.1) is 0 Å². The second-order valence-electron chi connectivity index (χ2n) is 7.13. The summed E-state index contributed by atoms with van der Waals surface area (Å²) >= 11 is 0. The molecule has 3 rings (SSSR count). The molecule has 3 nitrogen and oxygen atoms in total. The Balaban J connectivity index is 0.000000159. The Hall–Kier alpha value is -0.120. The van der Waals surface area contributed by atoms with Gasteiger partial charge in [-0.3, -0.25) is 0 Å². The molecule has 0 atom stereocenters. The lowest BCUT2D eigenvalue weighted by Gasteiger charge is -2.20. The molecule has 0 aromatic rings. The van der Waals surface area contributed by atoms with Crippen molar-refractivity contribution in [3.05, 3.63) is 0 Å². The van der Waals surface area contributed by atoms with Gasteiger partial charge in [0.2, 0.25) is 0 Å². The maximum Gasteiger partial charge on any atom is 0.00388 e. The summed E-state index contributed by atoms with van der Waals surface area (Å²) in [6.45, 7) is 5.28. The summed E-state index contributed by atoms with van der Waals surface area (Å²) < 4.78 is 0. The van der Waals surface area contributed by atoms with Gasteiger partial charge in [0.25, 0.3) is 0 Å². The molecule has 0 radical (unpaired) electrons. The second-order valence-corrected chi connectivity index (χ2v) is 7.13. The van der Waals surface area contributed by atoms with Gasteiger partial charge < -0.3 is 15.5 Å². The molecule has 2 saturated heterocycles. The first-order chi connectivity index (χ1) is 10.2. The molecule has 2 N–H and O–H groups in total. The minimum Gasteiger partial charge on any atom is -0.328 e. The molecule has 1 aliphatic carbocycles. The summed E-state index contributed by atoms with van der Waals surface area (Å²) in [6, 6.07) is 0.525. The molecule has 0 unspecified atom stereocenters. The van der Waals surface area contributed by atoms with E-state index in [-0.39, 0.29) is 0 Å². The summed E-state index contributed by atoms with van der Waals surface area (Å²) in [4.78, 5) is 4.75. The van der Waals surface area contributed by atoms with E-state index in [0.717, 1.165) is 0 Å². The summed E-state index contributed by atoms with van der Waals surface area (Å²) in [5.41, 5.74) is 5.73. The lowest BCUT2D eigenvalue weighted by molar-refractivity contribution is 0.277. The highest BCUT2D eigenvalue weighted by molar-refractivity contribution is 4.65. The van der Waals surface area contributed by atoms with E-state index in [9.17, 15) is 0 Å². The van der Waals surface area contributed by atoms with Crippen molar-refractivity contribution in [1.29, 1.82) is 0 Å². The third kappa shape index (κ3) is 11.1. The van der Waals surface area contributed by atoms with Crippen molar-refractivity contribution in [2.24, 2.45) is 5.73 Å². The standard InChI is InChI=1S/C7H15N.C6H13N.C5H11N/c8-7-5-3-1-2-4-6-7;1-7-5-3-2-4-6-7;1-6-4-2-3-5-6/h7H,1-6,8H2;2-6H2,1H3;2-5H2,1H3. The normalized spacial score (nSPS) is 25.3. The number of nitrogens with zero attached hydrogens (tertiary/aromatic N) is 2. The third-order valence-electron chi connectivity index (χ3n) is 4.81. The zero-order chi connectivity index (χ0) is 15.3. The van der Waals surface area contributed by atoms with E-state index in [1.165, 1.54) is 96.8 Å². The van der Waals surface area contributed by atoms with Crippen molar-refractivity contribution in [3.8, 4) is 0 Å². The molecule has 3 aliphatic rings. The molecule has 3 heteroatoms. The lowest BCUT2D eigenvalue weighted by Crippen LogP contribution is -2.24. The fraction of sp³-hybridized carbons (Fsp3) is 1.00. The molecule has 0 aromatic carbocycles. The van der Waals surface area contributed by atoms with Gasteiger partial charge in [0.05, 0.1) is 0 Å². The Morgan fingerprint density at radius 1 is 0.571 bits per heavy atom. The topological polar surface area (TPSA) is 32.5 Å². The highest BCUT2D eigenvalue weighted by Gasteiger charge is 2.05. The van der Waals surface area contributed by atoms with Gasteiger partial charge >= 0.3 is 0 Å². The molecule has 0 aromatic heterocycles. The molecule has 0 spiro atoms. The molecule has 21 heavy (non-hydrogen) atoms. The molecule has 2 aliphatic heterocycles. The van der Waals surface area contributed by atoms with Gasteiger partial charge in [-0.1, -0.05) is 32.1 Å². The first-order valence-corrected chi connectivity index (χ1v) is 9.31. The van der Waals surface area contributed by atoms with Crippen molar-refractivity contribution in [3.63, 3.8) is 0 Å². The molecule has 126 valence electrons. The Kier molecular flexibility index (Phi) is 11.2. The summed E-state index contributed by atoms with van der Waals surface area (Å²) in [5.74, 6) is 0. The number of rotatable bonds is 0. The number of nitrogens with two attached hydrogens (primary N) is 1. The molecular formula is C18H39N3. The SMILES string of the molecule is CN1CCCC1.CN1CCCCC1.NC1CCCCCC1. The maximum absolute atomic E-state index is 5.73. The molecule has 0 amide bonds. The van der Waals surface area contributed by atoms with Crippen LogP contribution in [0.25, 0.3) is 0 Å². The van der Waals surface area contributed by atoms with E-state index in [1.54, 1.807) is 0 Å². The van der Waals surface area contributed by atoms with Crippen LogP contribution in [-0.4, -0.2) is 56.1 Å². The van der Waals surface area contributed by atoms with E-state index in [1.807, 2.05) is 0 Å². The van der Waals surface area contributed by atoms with Crippen LogP contribution in [-0.2, 0) is 0 Å². The number of hydrogen-bond acceptors (Lipinski definition) is 3. The van der Waals surface area contributed by atoms with E-state index >= 15 is 0 Å². The Morgan fingerprint density at radius 3 is 1.19 bits per heavy atom. The van der Waals surface area contributed by atoms with Crippen LogP contribution in [0.4, 0.5) is 0 Å². The van der Waals surface area contributed by atoms with Gasteiger partial charge in [0, 0.05) is 6.04 Å². The fourth-order valence-corrected chi connectivity index (χ4v) is 3.24. The van der Waals surface area contributed by atoms with Crippen LogP contribution in [0.15, 0.2) is 0 Å². The first kappa shape index (κ1) is 18.9. The summed E-state index contributed by atoms with van der Waals surface area (Å²) in [6.07, 6.45) is 15.2. The van der Waals surface area contributed by atoms with Crippen LogP contribution in [0.3, 0.4) is 0 Å². The molecule has 2 heterocycles. The maximum atomic E-state index is 5.73. The Bertz CT molecular complexity index is 213. The minimum atomic E-state index is 0.525. The van der Waals surface area contributed by atoms with Crippen LogP contribution < -0.4 is 5.73 Å². The van der Waals surface area contributed by atoms with E-state index < -0.39 is 0 Å². The van der Waals surface area contributed by atoms with Gasteiger partial charge in [-0.2, -0.15) is 0 Å². The van der Waals surface area contributed by atoms with Gasteiger partial charge in [0.15, 0.2) is 0 Å². The minimum absolute atomic E-state index is 0.525. The first-order valence-electron chi connectivity index (χ1n) is 9.31. The quantitative estimate of drug-likeness (QED) is 0.695. The van der Waals surface area contributed by atoms with Crippen molar-refractivity contribution < 1.29 is 0 Å². The zero-order valence-corrected chi connectivity index (χ0v) is 14.7. The van der Waals surface area contributed by atoms with E-state index in [2.05, 4.69) is 23.9 Å². The number of piperidine rings is 1. The molecule has 3 fully saturated rings. The van der Waals surface area contributed by atoms with Crippen molar-refractivity contribution in [2.45, 2.75) is 76.7 Å². The van der Waals surface area contributed by atoms with Crippen molar-refractivity contribution in [2.75, 3.05) is 40.3 Å². The molecular weight excluding hydrogens is 258 g/mol. The monoisotopic (exact) mass is 297 g/mol. The molecule has 0 bridgehead atoms. The highest BCUT2D eigenvalue weighted by atomic mass is 15.1. The third-order valence-corrected chi connectivity index (χ3v) is 4.81. The average molecular weight is 298 g/mol. The van der Waals surface area contributed by atoms with Crippen LogP contribution in [0.2, 0.25) is 0 Å². The Morgan fingerprint density at radius 2 is 0.905 bits per heavy atom. The summed E-state index contributed by atoms with van der Waals surface area (Å²) in [7, 11) is 4.37. The zero-order valence-electron chi connectivity index (χ0n) is 14.7. The molecule has 1 saturated carbocycles. The largest absolute Gasteiger partial charge is 0.328 e. The number of hydrogen-bond donors (Lipinski definition) is 1. The van der Waals surface area contributed by atoms with Gasteiger partial charge in [-0.25, -0.2) is 0 Å². The van der Waals surface area contributed by atoms with E-state index in [4.69, 9.17) is 5.73 Å². The van der Waals surface area contributed by atoms with Crippen LogP contribution in [0.1, 0.15) is 70.6 Å². The average Bonchev–Trinajstić information content (AvgIpc) is 2.83. The predicted octanol–water partition coefficient (Wildman–Crippen LogP) is 3.48. The second kappa shape index (κ2) is 12.4. The lowest BCUT2D eigenvalue weighted by atomic mass is 10.1. The predicted molar refractivity (Wildman–Crippen MR) is 93.8 cm³/mol. The van der Waals surface area contributed by atoms with E-state index in [0.29, 0.717) is 6.04 Å². The van der Waals surface area contributed by atoms with Crippen molar-refractivity contribution in [1.82, 2.24) is 9.80 Å².